The van der Waals surface area contributed by atoms with Crippen LogP contribution in [0.25, 0.3) is 5.57 Å². The van der Waals surface area contributed by atoms with Gasteiger partial charge in [0.2, 0.25) is 5.91 Å². The molecule has 5 nitrogen and oxygen atoms in total. The van der Waals surface area contributed by atoms with E-state index in [1.165, 1.54) is 12.7 Å². The van der Waals surface area contributed by atoms with E-state index in [9.17, 15) is 9.59 Å². The van der Waals surface area contributed by atoms with Gasteiger partial charge in [0.25, 0.3) is 0 Å². The second-order valence-corrected chi connectivity index (χ2v) is 5.48. The van der Waals surface area contributed by atoms with E-state index in [0.717, 1.165) is 24.1 Å². The van der Waals surface area contributed by atoms with Crippen molar-refractivity contribution in [3.8, 4) is 0 Å². The molecule has 0 unspecified atom stereocenters. The highest BCUT2D eigenvalue weighted by atomic mass is 16.5. The highest BCUT2D eigenvalue weighted by Crippen LogP contribution is 2.23. The Morgan fingerprint density at radius 2 is 2.00 bits per heavy atom. The lowest BCUT2D eigenvalue weighted by atomic mass is 9.97. The first-order chi connectivity index (χ1) is 10.5. The molecule has 118 valence electrons. The predicted octanol–water partition coefficient (Wildman–Crippen LogP) is 1.36. The molecule has 1 aromatic carbocycles. The van der Waals surface area contributed by atoms with Crippen LogP contribution in [0.1, 0.15) is 24.5 Å². The quantitative estimate of drug-likeness (QED) is 0.853. The number of amides is 1. The molecule has 0 saturated heterocycles. The molecular weight excluding hydrogens is 280 g/mol. The van der Waals surface area contributed by atoms with Crippen molar-refractivity contribution in [3.63, 3.8) is 0 Å². The van der Waals surface area contributed by atoms with Gasteiger partial charge in [-0.25, -0.2) is 0 Å². The third-order valence-corrected chi connectivity index (χ3v) is 3.94. The van der Waals surface area contributed by atoms with Crippen molar-refractivity contribution in [1.82, 2.24) is 4.90 Å². The Hall–Kier alpha value is -2.14. The molecule has 0 saturated carbocycles. The number of hydrogen-bond donors (Lipinski definition) is 1. The van der Waals surface area contributed by atoms with E-state index in [1.54, 1.807) is 6.92 Å². The van der Waals surface area contributed by atoms with Crippen LogP contribution < -0.4 is 5.73 Å². The minimum atomic E-state index is -0.631. The summed E-state index contributed by atoms with van der Waals surface area (Å²) >= 11 is 0. The van der Waals surface area contributed by atoms with E-state index >= 15 is 0 Å². The third kappa shape index (κ3) is 3.95. The standard InChI is InChI=1S/C17H22N2O3/c1-12(20)19-9-7-15(8-10-19)14-5-3-13(4-6-14)11-16(18)17(21)22-2/h3-7,16H,8-11,18H2,1-2H3/t16-/m0/s1. The molecule has 0 aliphatic carbocycles. The van der Waals surface area contributed by atoms with Crippen LogP contribution in [-0.2, 0) is 20.7 Å². The lowest BCUT2D eigenvalue weighted by Gasteiger charge is -2.25. The van der Waals surface area contributed by atoms with Crippen molar-refractivity contribution >= 4 is 17.4 Å². The zero-order chi connectivity index (χ0) is 16.1. The fourth-order valence-electron chi connectivity index (χ4n) is 2.56. The first-order valence-corrected chi connectivity index (χ1v) is 7.38. The van der Waals surface area contributed by atoms with E-state index in [2.05, 4.69) is 10.8 Å². The summed E-state index contributed by atoms with van der Waals surface area (Å²) in [6.07, 6.45) is 3.42. The number of benzene rings is 1. The highest BCUT2D eigenvalue weighted by molar-refractivity contribution is 5.76. The summed E-state index contributed by atoms with van der Waals surface area (Å²) in [7, 11) is 1.34. The average molecular weight is 302 g/mol. The molecule has 0 radical (unpaired) electrons. The molecule has 2 N–H and O–H groups in total. The molecule has 2 rings (SSSR count). The fraction of sp³-hybridized carbons (Fsp3) is 0.412. The summed E-state index contributed by atoms with van der Waals surface area (Å²) < 4.78 is 4.63. The maximum atomic E-state index is 11.3. The third-order valence-electron chi connectivity index (χ3n) is 3.94. The molecule has 22 heavy (non-hydrogen) atoms. The lowest BCUT2D eigenvalue weighted by Crippen LogP contribution is -2.33. The largest absolute Gasteiger partial charge is 0.468 e. The van der Waals surface area contributed by atoms with Crippen molar-refractivity contribution in [1.29, 1.82) is 0 Å². The number of esters is 1. The molecule has 1 aliphatic rings. The van der Waals surface area contributed by atoms with Gasteiger partial charge in [0.05, 0.1) is 7.11 Å². The number of hydrogen-bond acceptors (Lipinski definition) is 4. The Balaban J connectivity index is 2.01. The summed E-state index contributed by atoms with van der Waals surface area (Å²) in [6, 6.07) is 7.41. The summed E-state index contributed by atoms with van der Waals surface area (Å²) in [5, 5.41) is 0. The van der Waals surface area contributed by atoms with Crippen LogP contribution in [0, 0.1) is 0 Å². The van der Waals surface area contributed by atoms with Crippen LogP contribution in [0.15, 0.2) is 30.3 Å². The smallest absolute Gasteiger partial charge is 0.322 e. The zero-order valence-electron chi connectivity index (χ0n) is 13.0. The van der Waals surface area contributed by atoms with Crippen molar-refractivity contribution in [2.75, 3.05) is 20.2 Å². The van der Waals surface area contributed by atoms with Gasteiger partial charge in [-0.05, 0) is 29.5 Å². The average Bonchev–Trinajstić information content (AvgIpc) is 2.54. The van der Waals surface area contributed by atoms with Gasteiger partial charge in [0.15, 0.2) is 0 Å². The van der Waals surface area contributed by atoms with E-state index < -0.39 is 12.0 Å². The van der Waals surface area contributed by atoms with Gasteiger partial charge in [-0.15, -0.1) is 0 Å². The van der Waals surface area contributed by atoms with E-state index in [1.807, 2.05) is 29.2 Å². The number of nitrogens with zero attached hydrogens (tertiary/aromatic N) is 1. The van der Waals surface area contributed by atoms with Gasteiger partial charge < -0.3 is 15.4 Å². The van der Waals surface area contributed by atoms with Crippen molar-refractivity contribution in [3.05, 3.63) is 41.5 Å². The highest BCUT2D eigenvalue weighted by Gasteiger charge is 2.16. The molecule has 1 atom stereocenters. The van der Waals surface area contributed by atoms with Crippen LogP contribution in [0.5, 0.6) is 0 Å². The summed E-state index contributed by atoms with van der Waals surface area (Å²) in [6.45, 7) is 3.02. The van der Waals surface area contributed by atoms with Gasteiger partial charge in [0, 0.05) is 20.0 Å². The second kappa shape index (κ2) is 7.22. The minimum absolute atomic E-state index is 0.113. The Bertz CT molecular complexity index is 578. The normalized spacial score (nSPS) is 16.0. The topological polar surface area (TPSA) is 72.6 Å². The van der Waals surface area contributed by atoms with Gasteiger partial charge in [-0.3, -0.25) is 9.59 Å². The number of nitrogens with two attached hydrogens (primary N) is 1. The predicted molar refractivity (Wildman–Crippen MR) is 85.0 cm³/mol. The minimum Gasteiger partial charge on any atom is -0.468 e. The van der Waals surface area contributed by atoms with Gasteiger partial charge in [0.1, 0.15) is 6.04 Å². The zero-order valence-corrected chi connectivity index (χ0v) is 13.0. The van der Waals surface area contributed by atoms with E-state index in [4.69, 9.17) is 5.73 Å². The molecule has 0 aromatic heterocycles. The maximum absolute atomic E-state index is 11.3. The molecule has 0 fully saturated rings. The van der Waals surface area contributed by atoms with Gasteiger partial charge in [-0.1, -0.05) is 30.3 Å². The molecule has 0 bridgehead atoms. The molecule has 1 heterocycles. The van der Waals surface area contributed by atoms with Crippen LogP contribution in [0.4, 0.5) is 0 Å². The summed E-state index contributed by atoms with van der Waals surface area (Å²) in [5.41, 5.74) is 9.17. The molecule has 0 spiro atoms. The van der Waals surface area contributed by atoms with Crippen LogP contribution in [-0.4, -0.2) is 43.0 Å². The van der Waals surface area contributed by atoms with Crippen LogP contribution in [0.3, 0.4) is 0 Å². The Morgan fingerprint density at radius 3 is 2.50 bits per heavy atom. The second-order valence-electron chi connectivity index (χ2n) is 5.48. The van der Waals surface area contributed by atoms with E-state index in [0.29, 0.717) is 13.0 Å². The summed E-state index contributed by atoms with van der Waals surface area (Å²) in [4.78, 5) is 24.5. The number of rotatable bonds is 4. The molecule has 1 aromatic rings. The fourth-order valence-corrected chi connectivity index (χ4v) is 2.56. The van der Waals surface area contributed by atoms with Crippen LogP contribution in [0.2, 0.25) is 0 Å². The van der Waals surface area contributed by atoms with E-state index in [-0.39, 0.29) is 5.91 Å². The Morgan fingerprint density at radius 1 is 1.32 bits per heavy atom. The summed E-state index contributed by atoms with van der Waals surface area (Å²) in [5.74, 6) is -0.286. The van der Waals surface area contributed by atoms with Crippen molar-refractivity contribution in [2.24, 2.45) is 5.73 Å². The lowest BCUT2D eigenvalue weighted by molar-refractivity contribution is -0.142. The first-order valence-electron chi connectivity index (χ1n) is 7.38. The molecule has 1 aliphatic heterocycles. The number of carbonyl (C=O) groups is 2. The van der Waals surface area contributed by atoms with Crippen molar-refractivity contribution in [2.45, 2.75) is 25.8 Å². The number of carbonyl (C=O) groups excluding carboxylic acids is 2. The maximum Gasteiger partial charge on any atom is 0.322 e. The first kappa shape index (κ1) is 16.2. The monoisotopic (exact) mass is 302 g/mol. The van der Waals surface area contributed by atoms with Crippen LogP contribution >= 0.6 is 0 Å². The Kier molecular flexibility index (Phi) is 5.33. The molecule has 5 heteroatoms. The Labute approximate surface area is 130 Å². The number of ether oxygens (including phenoxy) is 1. The number of methoxy groups -OCH3 is 1. The molecule has 1 amide bonds. The van der Waals surface area contributed by atoms with Gasteiger partial charge in [-0.2, -0.15) is 0 Å². The van der Waals surface area contributed by atoms with Gasteiger partial charge >= 0.3 is 5.97 Å². The van der Waals surface area contributed by atoms with Crippen molar-refractivity contribution < 1.29 is 14.3 Å². The SMILES string of the molecule is COC(=O)[C@@H](N)Cc1ccc(C2=CCN(C(C)=O)CC2)cc1. The molecular formula is C17H22N2O3.